The van der Waals surface area contributed by atoms with Crippen molar-refractivity contribution in [3.05, 3.63) is 24.4 Å². The van der Waals surface area contributed by atoms with Crippen LogP contribution in [0, 0.1) is 0 Å². The SMILES string of the molecule is CCC(CC)n1cc(N)c(-c2ccc3c(c2)OCCO3)n1. The van der Waals surface area contributed by atoms with Gasteiger partial charge in [0, 0.05) is 11.8 Å². The van der Waals surface area contributed by atoms with Gasteiger partial charge >= 0.3 is 0 Å². The number of ether oxygens (including phenoxy) is 2. The lowest BCUT2D eigenvalue weighted by Crippen LogP contribution is -2.15. The quantitative estimate of drug-likeness (QED) is 0.937. The van der Waals surface area contributed by atoms with Crippen LogP contribution in [-0.2, 0) is 0 Å². The van der Waals surface area contributed by atoms with Gasteiger partial charge in [0.2, 0.25) is 0 Å². The van der Waals surface area contributed by atoms with Gasteiger partial charge in [-0.3, -0.25) is 4.68 Å². The van der Waals surface area contributed by atoms with E-state index in [1.807, 2.05) is 29.1 Å². The highest BCUT2D eigenvalue weighted by molar-refractivity contribution is 5.74. The lowest BCUT2D eigenvalue weighted by molar-refractivity contribution is 0.171. The summed E-state index contributed by atoms with van der Waals surface area (Å²) in [5.74, 6) is 1.54. The van der Waals surface area contributed by atoms with Crippen molar-refractivity contribution in [2.24, 2.45) is 0 Å². The molecule has 0 unspecified atom stereocenters. The van der Waals surface area contributed by atoms with E-state index in [1.165, 1.54) is 0 Å². The molecule has 1 aromatic carbocycles. The third-order valence-corrected chi connectivity index (χ3v) is 3.89. The van der Waals surface area contributed by atoms with Crippen molar-refractivity contribution in [3.63, 3.8) is 0 Å². The number of nitrogens with zero attached hydrogens (tertiary/aromatic N) is 2. The average Bonchev–Trinajstić information content (AvgIpc) is 2.90. The number of rotatable bonds is 4. The molecule has 2 heterocycles. The maximum atomic E-state index is 6.14. The van der Waals surface area contributed by atoms with Crippen LogP contribution in [0.1, 0.15) is 32.7 Å². The van der Waals surface area contributed by atoms with Crippen molar-refractivity contribution in [3.8, 4) is 22.8 Å². The molecule has 0 atom stereocenters. The number of anilines is 1. The molecule has 0 aliphatic carbocycles. The molecule has 0 amide bonds. The largest absolute Gasteiger partial charge is 0.486 e. The number of fused-ring (bicyclic) bond motifs is 1. The topological polar surface area (TPSA) is 62.3 Å². The third-order valence-electron chi connectivity index (χ3n) is 3.89. The average molecular weight is 287 g/mol. The second-order valence-electron chi connectivity index (χ2n) is 5.24. The summed E-state index contributed by atoms with van der Waals surface area (Å²) >= 11 is 0. The van der Waals surface area contributed by atoms with Crippen molar-refractivity contribution in [1.82, 2.24) is 9.78 Å². The van der Waals surface area contributed by atoms with E-state index >= 15 is 0 Å². The van der Waals surface area contributed by atoms with E-state index in [1.54, 1.807) is 0 Å². The first-order valence-corrected chi connectivity index (χ1v) is 7.47. The molecule has 0 saturated heterocycles. The predicted octanol–water partition coefficient (Wildman–Crippen LogP) is 3.26. The lowest BCUT2D eigenvalue weighted by Gasteiger charge is -2.18. The fourth-order valence-corrected chi connectivity index (χ4v) is 2.67. The molecule has 0 bridgehead atoms. The van der Waals surface area contributed by atoms with Crippen LogP contribution in [0.25, 0.3) is 11.3 Å². The molecule has 0 saturated carbocycles. The van der Waals surface area contributed by atoms with Gasteiger partial charge in [0.05, 0.1) is 11.7 Å². The van der Waals surface area contributed by atoms with E-state index in [2.05, 4.69) is 18.9 Å². The van der Waals surface area contributed by atoms with Gasteiger partial charge in [-0.05, 0) is 31.0 Å². The first-order valence-electron chi connectivity index (χ1n) is 7.47. The van der Waals surface area contributed by atoms with E-state index in [0.717, 1.165) is 35.6 Å². The molecule has 112 valence electrons. The minimum Gasteiger partial charge on any atom is -0.486 e. The first kappa shape index (κ1) is 13.8. The van der Waals surface area contributed by atoms with E-state index < -0.39 is 0 Å². The summed E-state index contributed by atoms with van der Waals surface area (Å²) in [6, 6.07) is 6.23. The molecule has 5 heteroatoms. The summed E-state index contributed by atoms with van der Waals surface area (Å²) in [6.07, 6.45) is 4.00. The number of nitrogen functional groups attached to an aromatic ring is 1. The van der Waals surface area contributed by atoms with Crippen LogP contribution in [-0.4, -0.2) is 23.0 Å². The van der Waals surface area contributed by atoms with Crippen molar-refractivity contribution < 1.29 is 9.47 Å². The van der Waals surface area contributed by atoms with Crippen molar-refractivity contribution in [1.29, 1.82) is 0 Å². The molecular weight excluding hydrogens is 266 g/mol. The van der Waals surface area contributed by atoms with Crippen LogP contribution in [0.2, 0.25) is 0 Å². The second-order valence-corrected chi connectivity index (χ2v) is 5.24. The number of nitrogens with two attached hydrogens (primary N) is 1. The highest BCUT2D eigenvalue weighted by Gasteiger charge is 2.17. The zero-order valence-electron chi connectivity index (χ0n) is 12.5. The number of hydrogen-bond donors (Lipinski definition) is 1. The smallest absolute Gasteiger partial charge is 0.162 e. The zero-order chi connectivity index (χ0) is 14.8. The maximum absolute atomic E-state index is 6.14. The minimum atomic E-state index is 0.387. The minimum absolute atomic E-state index is 0.387. The Morgan fingerprint density at radius 1 is 1.19 bits per heavy atom. The molecule has 1 aliphatic heterocycles. The Bertz CT molecular complexity index is 632. The molecule has 2 N–H and O–H groups in total. The van der Waals surface area contributed by atoms with E-state index in [4.69, 9.17) is 15.2 Å². The molecule has 0 radical (unpaired) electrons. The normalized spacial score (nSPS) is 13.7. The van der Waals surface area contributed by atoms with Crippen LogP contribution < -0.4 is 15.2 Å². The van der Waals surface area contributed by atoms with Gasteiger partial charge in [-0.2, -0.15) is 5.10 Å². The summed E-state index contributed by atoms with van der Waals surface area (Å²) in [6.45, 7) is 5.50. The Morgan fingerprint density at radius 3 is 2.62 bits per heavy atom. The van der Waals surface area contributed by atoms with Gasteiger partial charge in [0.25, 0.3) is 0 Å². The standard InChI is InChI=1S/C16H21N3O2/c1-3-12(4-2)19-10-13(17)16(18-19)11-5-6-14-15(9-11)21-8-7-20-14/h5-6,9-10,12H,3-4,7-8,17H2,1-2H3. The maximum Gasteiger partial charge on any atom is 0.162 e. The molecule has 3 rings (SSSR count). The Labute approximate surface area is 124 Å². The highest BCUT2D eigenvalue weighted by Crippen LogP contribution is 2.36. The van der Waals surface area contributed by atoms with Gasteiger partial charge in [0.15, 0.2) is 11.5 Å². The predicted molar refractivity (Wildman–Crippen MR) is 82.7 cm³/mol. The molecule has 21 heavy (non-hydrogen) atoms. The monoisotopic (exact) mass is 287 g/mol. The Kier molecular flexibility index (Phi) is 3.73. The van der Waals surface area contributed by atoms with Gasteiger partial charge in [-0.25, -0.2) is 0 Å². The van der Waals surface area contributed by atoms with Crippen LogP contribution in [0.3, 0.4) is 0 Å². The summed E-state index contributed by atoms with van der Waals surface area (Å²) in [5, 5.41) is 4.67. The van der Waals surface area contributed by atoms with E-state index in [0.29, 0.717) is 24.9 Å². The Hall–Kier alpha value is -2.17. The highest BCUT2D eigenvalue weighted by atomic mass is 16.6. The summed E-state index contributed by atoms with van der Waals surface area (Å²) < 4.78 is 13.1. The Morgan fingerprint density at radius 2 is 1.90 bits per heavy atom. The van der Waals surface area contributed by atoms with Crippen molar-refractivity contribution in [2.75, 3.05) is 18.9 Å². The molecule has 2 aromatic rings. The van der Waals surface area contributed by atoms with E-state index in [-0.39, 0.29) is 0 Å². The summed E-state index contributed by atoms with van der Waals surface area (Å²) in [4.78, 5) is 0. The second kappa shape index (κ2) is 5.68. The summed E-state index contributed by atoms with van der Waals surface area (Å²) in [5.41, 5.74) is 8.60. The number of aromatic nitrogens is 2. The van der Waals surface area contributed by atoms with Gasteiger partial charge in [0.1, 0.15) is 18.9 Å². The molecule has 1 aliphatic rings. The molecular formula is C16H21N3O2. The first-order chi connectivity index (χ1) is 10.2. The van der Waals surface area contributed by atoms with Crippen molar-refractivity contribution >= 4 is 5.69 Å². The van der Waals surface area contributed by atoms with Crippen LogP contribution in [0.15, 0.2) is 24.4 Å². The van der Waals surface area contributed by atoms with Gasteiger partial charge in [-0.1, -0.05) is 13.8 Å². The summed E-state index contributed by atoms with van der Waals surface area (Å²) in [7, 11) is 0. The molecule has 0 spiro atoms. The number of hydrogen-bond acceptors (Lipinski definition) is 4. The molecule has 1 aromatic heterocycles. The molecule has 0 fully saturated rings. The number of benzene rings is 1. The fourth-order valence-electron chi connectivity index (χ4n) is 2.67. The fraction of sp³-hybridized carbons (Fsp3) is 0.438. The molecule has 5 nitrogen and oxygen atoms in total. The third kappa shape index (κ3) is 2.55. The van der Waals surface area contributed by atoms with Gasteiger partial charge in [-0.15, -0.1) is 0 Å². The van der Waals surface area contributed by atoms with Crippen LogP contribution in [0.4, 0.5) is 5.69 Å². The zero-order valence-corrected chi connectivity index (χ0v) is 12.5. The van der Waals surface area contributed by atoms with E-state index in [9.17, 15) is 0 Å². The van der Waals surface area contributed by atoms with Gasteiger partial charge < -0.3 is 15.2 Å². The van der Waals surface area contributed by atoms with Crippen molar-refractivity contribution in [2.45, 2.75) is 32.7 Å². The Balaban J connectivity index is 1.97. The lowest BCUT2D eigenvalue weighted by atomic mass is 10.1. The van der Waals surface area contributed by atoms with Crippen LogP contribution >= 0.6 is 0 Å². The van der Waals surface area contributed by atoms with Crippen LogP contribution in [0.5, 0.6) is 11.5 Å².